The number of thiazole rings is 1. The average Bonchev–Trinajstić information content (AvgIpc) is 3.28. The van der Waals surface area contributed by atoms with Gasteiger partial charge < -0.3 is 24.3 Å². The van der Waals surface area contributed by atoms with Crippen LogP contribution in [0.25, 0.3) is 5.52 Å². The SMILES string of the molecule is Cc1cc2ccc(OCc3scnc3C)cn2c1C(=O)NC1(CO)CCOCC1. The molecule has 1 aliphatic rings. The second kappa shape index (κ2) is 8.14. The molecule has 0 spiro atoms. The van der Waals surface area contributed by atoms with Crippen LogP contribution in [0.2, 0.25) is 0 Å². The molecule has 7 nitrogen and oxygen atoms in total. The van der Waals surface area contributed by atoms with Crippen LogP contribution in [-0.4, -0.2) is 45.8 Å². The molecule has 4 rings (SSSR count). The van der Waals surface area contributed by atoms with E-state index in [4.69, 9.17) is 9.47 Å². The second-order valence-corrected chi connectivity index (χ2v) is 8.43. The molecule has 1 saturated heterocycles. The van der Waals surface area contributed by atoms with Crippen LogP contribution in [0.5, 0.6) is 5.75 Å². The van der Waals surface area contributed by atoms with E-state index in [0.29, 0.717) is 44.1 Å². The van der Waals surface area contributed by atoms with E-state index in [-0.39, 0.29) is 12.5 Å². The van der Waals surface area contributed by atoms with Gasteiger partial charge in [-0.05, 0) is 50.5 Å². The van der Waals surface area contributed by atoms with Crippen LogP contribution in [-0.2, 0) is 11.3 Å². The van der Waals surface area contributed by atoms with Crippen LogP contribution < -0.4 is 10.1 Å². The number of aryl methyl sites for hydroxylation is 2. The van der Waals surface area contributed by atoms with E-state index in [1.807, 2.05) is 48.2 Å². The molecule has 0 radical (unpaired) electrons. The van der Waals surface area contributed by atoms with Gasteiger partial charge in [0, 0.05) is 18.7 Å². The molecule has 1 aliphatic heterocycles. The molecule has 4 heterocycles. The highest BCUT2D eigenvalue weighted by atomic mass is 32.1. The van der Waals surface area contributed by atoms with Gasteiger partial charge in [0.05, 0.1) is 34.4 Å². The summed E-state index contributed by atoms with van der Waals surface area (Å²) >= 11 is 1.57. The van der Waals surface area contributed by atoms with Gasteiger partial charge in [0.25, 0.3) is 5.91 Å². The Kier molecular flexibility index (Phi) is 5.58. The summed E-state index contributed by atoms with van der Waals surface area (Å²) < 4.78 is 13.2. The predicted molar refractivity (Wildman–Crippen MR) is 111 cm³/mol. The highest BCUT2D eigenvalue weighted by Gasteiger charge is 2.34. The van der Waals surface area contributed by atoms with E-state index in [1.54, 1.807) is 11.3 Å². The molecule has 1 amide bonds. The Balaban J connectivity index is 1.59. The first kappa shape index (κ1) is 19.9. The smallest absolute Gasteiger partial charge is 0.269 e. The number of pyridine rings is 1. The highest BCUT2D eigenvalue weighted by molar-refractivity contribution is 7.09. The number of nitrogens with one attached hydrogen (secondary N) is 1. The van der Waals surface area contributed by atoms with Gasteiger partial charge in [-0.15, -0.1) is 11.3 Å². The van der Waals surface area contributed by atoms with E-state index in [0.717, 1.165) is 21.7 Å². The number of amides is 1. The third-order valence-corrected chi connectivity index (χ3v) is 6.40. The molecular weight excluding hydrogens is 390 g/mol. The van der Waals surface area contributed by atoms with Crippen molar-refractivity contribution in [3.05, 3.63) is 51.7 Å². The summed E-state index contributed by atoms with van der Waals surface area (Å²) in [5.74, 6) is 0.479. The minimum Gasteiger partial charge on any atom is -0.486 e. The lowest BCUT2D eigenvalue weighted by molar-refractivity contribution is 0.0124. The standard InChI is InChI=1S/C21H25N3O4S/c1-14-9-16-3-4-17(28-11-18-15(2)22-13-29-18)10-24(16)19(14)20(26)23-21(12-25)5-7-27-8-6-21/h3-4,9-10,13,25H,5-8,11-12H2,1-2H3,(H,23,26). The lowest BCUT2D eigenvalue weighted by atomic mass is 9.90. The predicted octanol–water partition coefficient (Wildman–Crippen LogP) is 2.86. The van der Waals surface area contributed by atoms with Crippen LogP contribution in [0.15, 0.2) is 29.9 Å². The molecule has 154 valence electrons. The Morgan fingerprint density at radius 2 is 2.17 bits per heavy atom. The maximum Gasteiger partial charge on any atom is 0.269 e. The number of fused-ring (bicyclic) bond motifs is 1. The van der Waals surface area contributed by atoms with Crippen LogP contribution in [0.1, 0.15) is 39.5 Å². The first-order chi connectivity index (χ1) is 14.0. The van der Waals surface area contributed by atoms with E-state index < -0.39 is 5.54 Å². The zero-order chi connectivity index (χ0) is 20.4. The number of aliphatic hydroxyl groups excluding tert-OH is 1. The largest absolute Gasteiger partial charge is 0.486 e. The maximum absolute atomic E-state index is 13.1. The summed E-state index contributed by atoms with van der Waals surface area (Å²) in [5, 5.41) is 13.0. The monoisotopic (exact) mass is 415 g/mol. The van der Waals surface area contributed by atoms with Gasteiger partial charge >= 0.3 is 0 Å². The fourth-order valence-corrected chi connectivity index (χ4v) is 4.34. The van der Waals surface area contributed by atoms with Crippen molar-refractivity contribution in [1.29, 1.82) is 0 Å². The number of nitrogens with zero attached hydrogens (tertiary/aromatic N) is 2. The molecule has 0 saturated carbocycles. The molecular formula is C21H25N3O4S. The number of aliphatic hydroxyl groups is 1. The average molecular weight is 416 g/mol. The van der Waals surface area contributed by atoms with Gasteiger partial charge in [0.15, 0.2) is 0 Å². The number of carbonyl (C=O) groups excluding carboxylic acids is 1. The first-order valence-electron chi connectivity index (χ1n) is 9.66. The Morgan fingerprint density at radius 3 is 2.86 bits per heavy atom. The Labute approximate surface area is 173 Å². The number of rotatable bonds is 6. The van der Waals surface area contributed by atoms with E-state index >= 15 is 0 Å². The lowest BCUT2D eigenvalue weighted by Crippen LogP contribution is -2.54. The number of ether oxygens (including phenoxy) is 2. The zero-order valence-electron chi connectivity index (χ0n) is 16.6. The van der Waals surface area contributed by atoms with Crippen molar-refractivity contribution in [3.8, 4) is 5.75 Å². The van der Waals surface area contributed by atoms with Crippen LogP contribution >= 0.6 is 11.3 Å². The summed E-state index contributed by atoms with van der Waals surface area (Å²) in [6, 6.07) is 5.82. The maximum atomic E-state index is 13.1. The number of hydrogen-bond acceptors (Lipinski definition) is 6. The summed E-state index contributed by atoms with van der Waals surface area (Å²) in [6.45, 7) is 5.28. The quantitative estimate of drug-likeness (QED) is 0.647. The topological polar surface area (TPSA) is 85.1 Å². The third-order valence-electron chi connectivity index (χ3n) is 5.49. The van der Waals surface area contributed by atoms with Crippen molar-refractivity contribution < 1.29 is 19.4 Å². The molecule has 0 aliphatic carbocycles. The summed E-state index contributed by atoms with van der Waals surface area (Å²) in [4.78, 5) is 18.5. The van der Waals surface area contributed by atoms with Crippen LogP contribution in [0.4, 0.5) is 0 Å². The van der Waals surface area contributed by atoms with Crippen molar-refractivity contribution >= 4 is 22.8 Å². The zero-order valence-corrected chi connectivity index (χ0v) is 17.4. The van der Waals surface area contributed by atoms with Crippen molar-refractivity contribution in [3.63, 3.8) is 0 Å². The highest BCUT2D eigenvalue weighted by Crippen LogP contribution is 2.25. The second-order valence-electron chi connectivity index (χ2n) is 7.49. The Bertz CT molecular complexity index is 1020. The number of hydrogen-bond donors (Lipinski definition) is 2. The molecule has 0 unspecified atom stereocenters. The molecule has 0 atom stereocenters. The van der Waals surface area contributed by atoms with E-state index in [2.05, 4.69) is 10.3 Å². The Morgan fingerprint density at radius 1 is 1.38 bits per heavy atom. The molecule has 2 N–H and O–H groups in total. The van der Waals surface area contributed by atoms with Gasteiger partial charge in [-0.3, -0.25) is 4.79 Å². The summed E-state index contributed by atoms with van der Waals surface area (Å²) in [6.07, 6.45) is 3.03. The number of aromatic nitrogens is 2. The van der Waals surface area contributed by atoms with Gasteiger partial charge in [0.1, 0.15) is 18.1 Å². The van der Waals surface area contributed by atoms with Crippen molar-refractivity contribution in [2.45, 2.75) is 38.8 Å². The molecule has 29 heavy (non-hydrogen) atoms. The summed E-state index contributed by atoms with van der Waals surface area (Å²) in [5.41, 5.74) is 4.49. The molecule has 8 heteroatoms. The molecule has 3 aromatic heterocycles. The van der Waals surface area contributed by atoms with Crippen molar-refractivity contribution in [2.75, 3.05) is 19.8 Å². The lowest BCUT2D eigenvalue weighted by Gasteiger charge is -2.36. The van der Waals surface area contributed by atoms with Crippen molar-refractivity contribution in [1.82, 2.24) is 14.7 Å². The van der Waals surface area contributed by atoms with Gasteiger partial charge in [-0.2, -0.15) is 0 Å². The first-order valence-corrected chi connectivity index (χ1v) is 10.5. The van der Waals surface area contributed by atoms with Crippen molar-refractivity contribution in [2.24, 2.45) is 0 Å². The minimum atomic E-state index is -0.635. The van der Waals surface area contributed by atoms with Crippen LogP contribution in [0.3, 0.4) is 0 Å². The molecule has 3 aromatic rings. The third kappa shape index (κ3) is 4.01. The van der Waals surface area contributed by atoms with Gasteiger partial charge in [0.2, 0.25) is 0 Å². The molecule has 0 bridgehead atoms. The summed E-state index contributed by atoms with van der Waals surface area (Å²) in [7, 11) is 0. The van der Waals surface area contributed by atoms with Gasteiger partial charge in [-0.25, -0.2) is 4.98 Å². The molecule has 0 aromatic carbocycles. The normalized spacial score (nSPS) is 16.1. The van der Waals surface area contributed by atoms with Crippen LogP contribution in [0, 0.1) is 13.8 Å². The van der Waals surface area contributed by atoms with E-state index in [9.17, 15) is 9.90 Å². The fraction of sp³-hybridized carbons (Fsp3) is 0.429. The fourth-order valence-electron chi connectivity index (χ4n) is 3.66. The van der Waals surface area contributed by atoms with E-state index in [1.165, 1.54) is 0 Å². The Hall–Kier alpha value is -2.42. The minimum absolute atomic E-state index is 0.104. The molecule has 1 fully saturated rings. The number of carbonyl (C=O) groups is 1. The van der Waals surface area contributed by atoms with Gasteiger partial charge in [-0.1, -0.05) is 0 Å².